The maximum absolute atomic E-state index is 13.5. The van der Waals surface area contributed by atoms with Gasteiger partial charge in [-0.3, -0.25) is 4.79 Å². The second-order valence-corrected chi connectivity index (χ2v) is 5.95. The average molecular weight is 329 g/mol. The topological polar surface area (TPSA) is 48.0 Å². The summed E-state index contributed by atoms with van der Waals surface area (Å²) in [5.41, 5.74) is -0.0549. The van der Waals surface area contributed by atoms with Crippen LogP contribution in [0, 0.1) is 0 Å². The summed E-state index contributed by atoms with van der Waals surface area (Å²) >= 11 is 1.09. The smallest absolute Gasteiger partial charge is 0.222 e. The highest BCUT2D eigenvalue weighted by atomic mass is 32.2. The summed E-state index contributed by atoms with van der Waals surface area (Å²) in [5.74, 6) is 0.332. The normalized spacial score (nSPS) is 23.6. The maximum atomic E-state index is 13.5. The van der Waals surface area contributed by atoms with Gasteiger partial charge >= 0.3 is 0 Å². The molecule has 0 saturated carbocycles. The van der Waals surface area contributed by atoms with Gasteiger partial charge in [0, 0.05) is 25.2 Å². The molecule has 122 valence electrons. The largest absolute Gasteiger partial charge is 0.346 e. The van der Waals surface area contributed by atoms with Crippen LogP contribution in [-0.2, 0) is 13.9 Å². The number of rotatable bonds is 5. The van der Waals surface area contributed by atoms with Crippen LogP contribution in [0.1, 0.15) is 32.4 Å². The van der Waals surface area contributed by atoms with Crippen LogP contribution in [0.3, 0.4) is 0 Å². The van der Waals surface area contributed by atoms with E-state index in [1.54, 1.807) is 44.4 Å². The van der Waals surface area contributed by atoms with E-state index in [-0.39, 0.29) is 5.91 Å². The van der Waals surface area contributed by atoms with Crippen LogP contribution in [0.4, 0.5) is 4.39 Å². The molecule has 1 aromatic rings. The Morgan fingerprint density at radius 3 is 2.55 bits per heavy atom. The van der Waals surface area contributed by atoms with Gasteiger partial charge in [0.1, 0.15) is 18.5 Å². The van der Waals surface area contributed by atoms with E-state index in [4.69, 9.17) is 14.0 Å². The van der Waals surface area contributed by atoms with Gasteiger partial charge in [-0.1, -0.05) is 12.1 Å². The summed E-state index contributed by atoms with van der Waals surface area (Å²) in [7, 11) is 0. The molecular weight excluding hydrogens is 309 g/mol. The van der Waals surface area contributed by atoms with E-state index >= 15 is 0 Å². The zero-order valence-corrected chi connectivity index (χ0v) is 13.9. The van der Waals surface area contributed by atoms with Crippen molar-refractivity contribution in [3.63, 3.8) is 0 Å². The molecule has 1 aliphatic rings. The minimum atomic E-state index is -0.843. The van der Waals surface area contributed by atoms with Gasteiger partial charge in [-0.15, -0.1) is 4.33 Å². The average Bonchev–Trinajstić information content (AvgIpc) is 2.76. The van der Waals surface area contributed by atoms with E-state index in [0.29, 0.717) is 5.75 Å². The molecule has 0 bridgehead atoms. The highest BCUT2D eigenvalue weighted by molar-refractivity contribution is 7.93. The highest BCUT2D eigenvalue weighted by Crippen LogP contribution is 2.41. The first-order valence-corrected chi connectivity index (χ1v) is 8.06. The molecule has 1 aliphatic heterocycles. The molecule has 2 atom stereocenters. The fraction of sp³-hybridized carbons (Fsp3) is 0.533. The molecule has 1 fully saturated rings. The van der Waals surface area contributed by atoms with E-state index in [1.807, 2.05) is 0 Å². The minimum absolute atomic E-state index is 0.205. The molecule has 1 amide bonds. The van der Waals surface area contributed by atoms with Crippen LogP contribution in [0.5, 0.6) is 5.75 Å². The Bertz CT molecular complexity index is 523. The molecule has 1 saturated heterocycles. The molecule has 0 N–H and O–H groups in total. The van der Waals surface area contributed by atoms with Crippen LogP contribution in [0.15, 0.2) is 24.3 Å². The van der Waals surface area contributed by atoms with Crippen LogP contribution in [-0.4, -0.2) is 35.5 Å². The lowest BCUT2D eigenvalue weighted by Gasteiger charge is -2.31. The van der Waals surface area contributed by atoms with Gasteiger partial charge in [0.15, 0.2) is 5.75 Å². The fourth-order valence-corrected chi connectivity index (χ4v) is 2.97. The zero-order chi connectivity index (χ0) is 16.3. The fourth-order valence-electron chi connectivity index (χ4n) is 2.82. The van der Waals surface area contributed by atoms with E-state index in [2.05, 4.69) is 0 Å². The molecule has 7 heteroatoms. The van der Waals surface area contributed by atoms with Gasteiger partial charge in [0.05, 0.1) is 6.04 Å². The van der Waals surface area contributed by atoms with E-state index < -0.39 is 24.5 Å². The SMILES string of the molecule is CSOOc1ccc([C@H]2OC(C)(C)N(C(C)=O)[C@@H]2CF)cc1. The van der Waals surface area contributed by atoms with Crippen molar-refractivity contribution in [3.05, 3.63) is 29.8 Å². The van der Waals surface area contributed by atoms with Crippen molar-refractivity contribution < 1.29 is 23.1 Å². The van der Waals surface area contributed by atoms with Crippen LogP contribution < -0.4 is 4.89 Å². The summed E-state index contributed by atoms with van der Waals surface area (Å²) in [6.45, 7) is 4.29. The number of alkyl halides is 1. The monoisotopic (exact) mass is 329 g/mol. The summed E-state index contributed by atoms with van der Waals surface area (Å²) < 4.78 is 24.2. The molecule has 5 nitrogen and oxygen atoms in total. The molecule has 1 heterocycles. The van der Waals surface area contributed by atoms with Crippen molar-refractivity contribution in [1.82, 2.24) is 4.90 Å². The lowest BCUT2D eigenvalue weighted by molar-refractivity contribution is -0.145. The first-order valence-electron chi connectivity index (χ1n) is 6.91. The highest BCUT2D eigenvalue weighted by Gasteiger charge is 2.49. The van der Waals surface area contributed by atoms with Crippen LogP contribution in [0.25, 0.3) is 0 Å². The van der Waals surface area contributed by atoms with Crippen molar-refractivity contribution in [2.24, 2.45) is 0 Å². The Kier molecular flexibility index (Phi) is 5.31. The third-order valence-electron chi connectivity index (χ3n) is 3.58. The van der Waals surface area contributed by atoms with Crippen molar-refractivity contribution in [1.29, 1.82) is 0 Å². The van der Waals surface area contributed by atoms with E-state index in [9.17, 15) is 9.18 Å². The van der Waals surface area contributed by atoms with Gasteiger partial charge < -0.3 is 14.5 Å². The van der Waals surface area contributed by atoms with Crippen LogP contribution >= 0.6 is 12.0 Å². The zero-order valence-electron chi connectivity index (χ0n) is 13.0. The predicted octanol–water partition coefficient (Wildman–Crippen LogP) is 3.27. The second-order valence-electron chi connectivity index (χ2n) is 5.48. The lowest BCUT2D eigenvalue weighted by Crippen LogP contribution is -2.47. The molecule has 0 spiro atoms. The minimum Gasteiger partial charge on any atom is -0.346 e. The maximum Gasteiger partial charge on any atom is 0.222 e. The number of ether oxygens (including phenoxy) is 1. The molecule has 1 aromatic carbocycles. The number of halogens is 1. The third-order valence-corrected chi connectivity index (χ3v) is 3.79. The lowest BCUT2D eigenvalue weighted by atomic mass is 10.0. The van der Waals surface area contributed by atoms with Crippen LogP contribution in [0.2, 0.25) is 0 Å². The quantitative estimate of drug-likeness (QED) is 0.471. The Hall–Kier alpha value is -1.31. The number of amides is 1. The molecule has 0 aliphatic carbocycles. The van der Waals surface area contributed by atoms with Gasteiger partial charge in [-0.2, -0.15) is 0 Å². The van der Waals surface area contributed by atoms with Gasteiger partial charge in [-0.25, -0.2) is 4.39 Å². The summed E-state index contributed by atoms with van der Waals surface area (Å²) in [5, 5.41) is 0. The first kappa shape index (κ1) is 17.1. The molecule has 2 rings (SSSR count). The van der Waals surface area contributed by atoms with Crippen molar-refractivity contribution in [2.75, 3.05) is 12.9 Å². The number of benzene rings is 1. The summed E-state index contributed by atoms with van der Waals surface area (Å²) in [6.07, 6.45) is 1.23. The number of carbonyl (C=O) groups excluding carboxylic acids is 1. The number of hydrogen-bond acceptors (Lipinski definition) is 5. The Morgan fingerprint density at radius 1 is 1.41 bits per heavy atom. The van der Waals surface area contributed by atoms with Crippen molar-refractivity contribution in [2.45, 2.75) is 38.6 Å². The molecule has 22 heavy (non-hydrogen) atoms. The van der Waals surface area contributed by atoms with E-state index in [1.165, 1.54) is 11.8 Å². The van der Waals surface area contributed by atoms with E-state index in [0.717, 1.165) is 17.6 Å². The van der Waals surface area contributed by atoms with Crippen molar-refractivity contribution >= 4 is 17.9 Å². The third kappa shape index (κ3) is 3.37. The Morgan fingerprint density at radius 2 is 2.05 bits per heavy atom. The predicted molar refractivity (Wildman–Crippen MR) is 81.9 cm³/mol. The summed E-state index contributed by atoms with van der Waals surface area (Å²) in [6, 6.07) is 6.36. The number of carbonyl (C=O) groups is 1. The summed E-state index contributed by atoms with van der Waals surface area (Å²) in [4.78, 5) is 18.3. The molecule has 0 unspecified atom stereocenters. The van der Waals surface area contributed by atoms with Gasteiger partial charge in [0.2, 0.25) is 5.91 Å². The standard InChI is InChI=1S/C15H20FNO4S/c1-10(18)17-13(9-16)14(19-15(17,2)3)11-5-7-12(8-6-11)20-21-22-4/h5-8,13-14H,9H2,1-4H3/t13-,14-/m1/s1. The van der Waals surface area contributed by atoms with Crippen molar-refractivity contribution in [3.8, 4) is 5.75 Å². The number of nitrogens with zero attached hydrogens (tertiary/aromatic N) is 1. The molecular formula is C15H20FNO4S. The van der Waals surface area contributed by atoms with Gasteiger partial charge in [-0.05, 0) is 31.5 Å². The second kappa shape index (κ2) is 6.85. The number of hydrogen-bond donors (Lipinski definition) is 0. The Balaban J connectivity index is 2.22. The first-order chi connectivity index (χ1) is 10.4. The molecule has 0 radical (unpaired) electrons. The molecule has 0 aromatic heterocycles. The Labute approximate surface area is 133 Å². The van der Waals surface area contributed by atoms with Gasteiger partial charge in [0.25, 0.3) is 0 Å².